The van der Waals surface area contributed by atoms with Crippen molar-refractivity contribution in [2.75, 3.05) is 39.6 Å². The molecule has 0 unspecified atom stereocenters. The summed E-state index contributed by atoms with van der Waals surface area (Å²) in [6.45, 7) is 3.33. The topological polar surface area (TPSA) is 86.5 Å². The maximum absolute atomic E-state index is 13.9. The molecule has 3 heterocycles. The van der Waals surface area contributed by atoms with Gasteiger partial charge in [0.2, 0.25) is 0 Å². The van der Waals surface area contributed by atoms with Gasteiger partial charge in [-0.2, -0.15) is 0 Å². The molecule has 35 heavy (non-hydrogen) atoms. The Morgan fingerprint density at radius 2 is 1.91 bits per heavy atom. The first-order chi connectivity index (χ1) is 16.8. The Hall–Kier alpha value is -3.68. The van der Waals surface area contributed by atoms with E-state index in [1.54, 1.807) is 7.11 Å². The number of fused-ring (bicyclic) bond motifs is 1. The van der Waals surface area contributed by atoms with Crippen molar-refractivity contribution in [3.63, 3.8) is 0 Å². The van der Waals surface area contributed by atoms with Crippen molar-refractivity contribution in [1.29, 1.82) is 0 Å². The van der Waals surface area contributed by atoms with Gasteiger partial charge in [-0.25, -0.2) is 0 Å². The summed E-state index contributed by atoms with van der Waals surface area (Å²) in [5, 5.41) is 6.33. The van der Waals surface area contributed by atoms with Crippen LogP contribution in [0.4, 0.5) is 5.69 Å². The van der Waals surface area contributed by atoms with Gasteiger partial charge in [0.15, 0.2) is 5.78 Å². The van der Waals surface area contributed by atoms with E-state index in [2.05, 4.69) is 15.6 Å². The van der Waals surface area contributed by atoms with E-state index in [1.807, 2.05) is 80.5 Å². The molecule has 1 amide bonds. The molecule has 3 aromatic rings. The van der Waals surface area contributed by atoms with Gasteiger partial charge in [0.05, 0.1) is 23.9 Å². The summed E-state index contributed by atoms with van der Waals surface area (Å²) >= 11 is 0. The first-order valence-corrected chi connectivity index (χ1v) is 11.8. The van der Waals surface area contributed by atoms with E-state index in [1.165, 1.54) is 0 Å². The van der Waals surface area contributed by atoms with Gasteiger partial charge in [-0.15, -0.1) is 0 Å². The van der Waals surface area contributed by atoms with Gasteiger partial charge in [-0.05, 0) is 75.5 Å². The number of rotatable bonds is 6. The number of aromatic amines is 1. The van der Waals surface area contributed by atoms with E-state index in [0.29, 0.717) is 23.4 Å². The normalized spacial score (nSPS) is 20.4. The number of nitrogens with one attached hydrogen (secondary N) is 3. The van der Waals surface area contributed by atoms with Crippen LogP contribution < -0.4 is 15.4 Å². The van der Waals surface area contributed by atoms with Gasteiger partial charge in [-0.3, -0.25) is 14.5 Å². The number of H-pyrrole nitrogens is 1. The van der Waals surface area contributed by atoms with Crippen molar-refractivity contribution >= 4 is 29.0 Å². The minimum atomic E-state index is -0.605. The fraction of sp³-hybridized carbons (Fsp3) is 0.286. The highest BCUT2D eigenvalue weighted by molar-refractivity contribution is 6.36. The monoisotopic (exact) mass is 470 g/mol. The third kappa shape index (κ3) is 3.87. The number of aromatic nitrogens is 1. The molecule has 2 aliphatic rings. The summed E-state index contributed by atoms with van der Waals surface area (Å²) in [4.78, 5) is 32.3. The van der Waals surface area contributed by atoms with Crippen molar-refractivity contribution in [2.45, 2.75) is 18.9 Å². The van der Waals surface area contributed by atoms with Crippen LogP contribution in [-0.2, 0) is 4.79 Å². The zero-order valence-corrected chi connectivity index (χ0v) is 20.5. The SMILES string of the molecule is COc1ccc(-c2cccc3c2C(=Cc2[nH]c(C)cc2C(=O)[C@@]2(N(C)C)CCNC2)C(=O)N3)cc1. The first kappa shape index (κ1) is 23.1. The fourth-order valence-corrected chi connectivity index (χ4v) is 5.16. The summed E-state index contributed by atoms with van der Waals surface area (Å²) in [5.74, 6) is 0.648. The molecule has 1 fully saturated rings. The van der Waals surface area contributed by atoms with Crippen molar-refractivity contribution in [3.05, 3.63) is 71.0 Å². The van der Waals surface area contributed by atoms with Crippen LogP contribution in [0.5, 0.6) is 5.75 Å². The fourth-order valence-electron chi connectivity index (χ4n) is 5.16. The van der Waals surface area contributed by atoms with E-state index < -0.39 is 5.54 Å². The molecule has 0 spiro atoms. The number of Topliss-reactive ketones (excluding diaryl/α,β-unsaturated/α-hetero) is 1. The Morgan fingerprint density at radius 1 is 1.14 bits per heavy atom. The van der Waals surface area contributed by atoms with E-state index in [0.717, 1.165) is 46.8 Å². The van der Waals surface area contributed by atoms with Crippen molar-refractivity contribution in [2.24, 2.45) is 0 Å². The van der Waals surface area contributed by atoms with Crippen molar-refractivity contribution in [1.82, 2.24) is 15.2 Å². The standard InChI is InChI=1S/C28H30N4O3/c1-17-14-21(26(33)28(32(2)3)12-13-29-16-28)24(30-17)15-22-25-20(6-5-7-23(25)31-27(22)34)18-8-10-19(35-4)11-9-18/h5-11,14-15,29-30H,12-13,16H2,1-4H3,(H,31,34)/t28-/m1/s1. The molecule has 7 heteroatoms. The highest BCUT2D eigenvalue weighted by Crippen LogP contribution is 2.41. The number of carbonyl (C=O) groups is 2. The van der Waals surface area contributed by atoms with Gasteiger partial charge >= 0.3 is 0 Å². The average Bonchev–Trinajstić information content (AvgIpc) is 3.57. The summed E-state index contributed by atoms with van der Waals surface area (Å²) in [7, 11) is 5.53. The Labute approximate surface area is 205 Å². The predicted octanol–water partition coefficient (Wildman–Crippen LogP) is 3.97. The van der Waals surface area contributed by atoms with Crippen LogP contribution >= 0.6 is 0 Å². The molecular weight excluding hydrogens is 440 g/mol. The average molecular weight is 471 g/mol. The van der Waals surface area contributed by atoms with Gasteiger partial charge in [-0.1, -0.05) is 24.3 Å². The van der Waals surface area contributed by atoms with E-state index in [-0.39, 0.29) is 11.7 Å². The lowest BCUT2D eigenvalue weighted by Gasteiger charge is -2.34. The van der Waals surface area contributed by atoms with Gasteiger partial charge in [0, 0.05) is 29.1 Å². The number of nitrogens with zero attached hydrogens (tertiary/aromatic N) is 1. The minimum Gasteiger partial charge on any atom is -0.497 e. The number of amides is 1. The van der Waals surface area contributed by atoms with Gasteiger partial charge in [0.1, 0.15) is 5.75 Å². The third-order valence-electron chi connectivity index (χ3n) is 7.16. The molecule has 1 saturated heterocycles. The molecule has 5 rings (SSSR count). The number of ether oxygens (including phenoxy) is 1. The molecule has 0 aliphatic carbocycles. The molecular formula is C28H30N4O3. The Morgan fingerprint density at radius 3 is 2.57 bits per heavy atom. The zero-order chi connectivity index (χ0) is 24.7. The molecule has 7 nitrogen and oxygen atoms in total. The second-order valence-corrected chi connectivity index (χ2v) is 9.43. The molecule has 2 aliphatic heterocycles. The molecule has 0 saturated carbocycles. The molecule has 0 radical (unpaired) electrons. The predicted molar refractivity (Wildman–Crippen MR) is 139 cm³/mol. The number of carbonyl (C=O) groups excluding carboxylic acids is 2. The quantitative estimate of drug-likeness (QED) is 0.375. The molecule has 1 aromatic heterocycles. The molecule has 180 valence electrons. The zero-order valence-electron chi connectivity index (χ0n) is 20.5. The van der Waals surface area contributed by atoms with Crippen molar-refractivity contribution in [3.8, 4) is 16.9 Å². The van der Waals surface area contributed by atoms with Gasteiger partial charge in [0.25, 0.3) is 5.91 Å². The number of benzene rings is 2. The lowest BCUT2D eigenvalue weighted by atomic mass is 9.86. The van der Waals surface area contributed by atoms with Gasteiger partial charge < -0.3 is 20.4 Å². The van der Waals surface area contributed by atoms with Crippen LogP contribution in [-0.4, -0.2) is 61.4 Å². The van der Waals surface area contributed by atoms with Crippen LogP contribution in [0, 0.1) is 6.92 Å². The molecule has 2 aromatic carbocycles. The minimum absolute atomic E-state index is 0.0609. The van der Waals surface area contributed by atoms with Crippen LogP contribution in [0.15, 0.2) is 48.5 Å². The number of anilines is 1. The maximum Gasteiger partial charge on any atom is 0.256 e. The Kier molecular flexibility index (Phi) is 5.83. The molecule has 0 bridgehead atoms. The number of hydrogen-bond acceptors (Lipinski definition) is 5. The summed E-state index contributed by atoms with van der Waals surface area (Å²) in [5.41, 5.74) is 5.58. The molecule has 3 N–H and O–H groups in total. The smallest absolute Gasteiger partial charge is 0.256 e. The van der Waals surface area contributed by atoms with E-state index >= 15 is 0 Å². The summed E-state index contributed by atoms with van der Waals surface area (Å²) < 4.78 is 5.30. The van der Waals surface area contributed by atoms with Crippen LogP contribution in [0.3, 0.4) is 0 Å². The Balaban J connectivity index is 1.62. The lowest BCUT2D eigenvalue weighted by molar-refractivity contribution is -0.110. The second kappa shape index (κ2) is 8.83. The maximum atomic E-state index is 13.9. The Bertz CT molecular complexity index is 1330. The third-order valence-corrected chi connectivity index (χ3v) is 7.16. The summed E-state index contributed by atoms with van der Waals surface area (Å²) in [6.07, 6.45) is 2.56. The highest BCUT2D eigenvalue weighted by atomic mass is 16.5. The number of methoxy groups -OCH3 is 1. The number of likely N-dealkylation sites (N-methyl/N-ethyl adjacent to an activating group) is 1. The second-order valence-electron chi connectivity index (χ2n) is 9.43. The summed E-state index contributed by atoms with van der Waals surface area (Å²) in [6, 6.07) is 15.5. The number of hydrogen-bond donors (Lipinski definition) is 3. The lowest BCUT2D eigenvalue weighted by Crippen LogP contribution is -2.52. The number of ketones is 1. The first-order valence-electron chi connectivity index (χ1n) is 11.8. The number of aryl methyl sites for hydroxylation is 1. The van der Waals surface area contributed by atoms with Crippen LogP contribution in [0.2, 0.25) is 0 Å². The highest BCUT2D eigenvalue weighted by Gasteiger charge is 2.44. The largest absolute Gasteiger partial charge is 0.497 e. The van der Waals surface area contributed by atoms with Crippen LogP contribution in [0.25, 0.3) is 22.8 Å². The molecule has 1 atom stereocenters. The van der Waals surface area contributed by atoms with E-state index in [4.69, 9.17) is 4.74 Å². The van der Waals surface area contributed by atoms with E-state index in [9.17, 15) is 9.59 Å². The van der Waals surface area contributed by atoms with Crippen molar-refractivity contribution < 1.29 is 14.3 Å². The van der Waals surface area contributed by atoms with Crippen LogP contribution in [0.1, 0.15) is 33.7 Å².